The SMILES string of the molecule is CCCCCCC(=O)SCC(=O)N(c1c(C)ccc(C)c1C)C(C)C(=O)OC. The van der Waals surface area contributed by atoms with Crippen LogP contribution in [-0.4, -0.2) is 35.9 Å². The van der Waals surface area contributed by atoms with E-state index in [9.17, 15) is 14.4 Å². The van der Waals surface area contributed by atoms with Crippen molar-refractivity contribution < 1.29 is 19.1 Å². The zero-order chi connectivity index (χ0) is 21.3. The summed E-state index contributed by atoms with van der Waals surface area (Å²) < 4.78 is 4.87. The van der Waals surface area contributed by atoms with Crippen LogP contribution in [0.5, 0.6) is 0 Å². The van der Waals surface area contributed by atoms with E-state index >= 15 is 0 Å². The lowest BCUT2D eigenvalue weighted by molar-refractivity contribution is -0.142. The van der Waals surface area contributed by atoms with Crippen molar-refractivity contribution in [1.82, 2.24) is 0 Å². The Kier molecular flexibility index (Phi) is 10.3. The van der Waals surface area contributed by atoms with E-state index in [1.54, 1.807) is 6.92 Å². The van der Waals surface area contributed by atoms with E-state index in [4.69, 9.17) is 4.74 Å². The monoisotopic (exact) mass is 407 g/mol. The van der Waals surface area contributed by atoms with Crippen LogP contribution in [-0.2, 0) is 19.1 Å². The van der Waals surface area contributed by atoms with Gasteiger partial charge in [-0.15, -0.1) is 0 Å². The summed E-state index contributed by atoms with van der Waals surface area (Å²) in [5.41, 5.74) is 3.61. The van der Waals surface area contributed by atoms with Crippen LogP contribution in [0.15, 0.2) is 12.1 Å². The number of hydrogen-bond donors (Lipinski definition) is 0. The first kappa shape index (κ1) is 24.2. The highest BCUT2D eigenvalue weighted by Gasteiger charge is 2.30. The number of amides is 1. The normalized spacial score (nSPS) is 11.8. The summed E-state index contributed by atoms with van der Waals surface area (Å²) in [6.45, 7) is 9.61. The van der Waals surface area contributed by atoms with Crippen LogP contribution in [0.2, 0.25) is 0 Å². The molecule has 0 fully saturated rings. The number of hydrogen-bond acceptors (Lipinski definition) is 5. The second kappa shape index (κ2) is 11.9. The maximum absolute atomic E-state index is 13.0. The average molecular weight is 408 g/mol. The number of rotatable bonds is 10. The van der Waals surface area contributed by atoms with Gasteiger partial charge in [-0.1, -0.05) is 50.1 Å². The van der Waals surface area contributed by atoms with Gasteiger partial charge in [0.15, 0.2) is 5.12 Å². The van der Waals surface area contributed by atoms with Gasteiger partial charge in [-0.2, -0.15) is 0 Å². The highest BCUT2D eigenvalue weighted by Crippen LogP contribution is 2.30. The molecular weight excluding hydrogens is 374 g/mol. The fourth-order valence-corrected chi connectivity index (χ4v) is 3.81. The number of esters is 1. The van der Waals surface area contributed by atoms with Crippen molar-refractivity contribution in [1.29, 1.82) is 0 Å². The summed E-state index contributed by atoms with van der Waals surface area (Å²) in [6, 6.07) is 3.17. The van der Waals surface area contributed by atoms with Gasteiger partial charge in [-0.3, -0.25) is 14.5 Å². The molecular formula is C22H33NO4S. The van der Waals surface area contributed by atoms with Crippen molar-refractivity contribution in [2.75, 3.05) is 17.8 Å². The lowest BCUT2D eigenvalue weighted by Gasteiger charge is -2.31. The third-order valence-electron chi connectivity index (χ3n) is 4.93. The first-order chi connectivity index (χ1) is 13.2. The number of carbonyl (C=O) groups excluding carboxylic acids is 3. The molecule has 156 valence electrons. The largest absolute Gasteiger partial charge is 0.467 e. The molecule has 1 rings (SSSR count). The molecule has 0 aromatic heterocycles. The summed E-state index contributed by atoms with van der Waals surface area (Å²) in [5.74, 6) is -0.730. The lowest BCUT2D eigenvalue weighted by atomic mass is 10.0. The molecule has 0 N–H and O–H groups in total. The predicted octanol–water partition coefficient (Wildman–Crippen LogP) is 4.74. The Balaban J connectivity index is 2.98. The molecule has 1 atom stereocenters. The van der Waals surface area contributed by atoms with Crippen molar-refractivity contribution in [2.24, 2.45) is 0 Å². The summed E-state index contributed by atoms with van der Waals surface area (Å²) in [4.78, 5) is 38.8. The number of aryl methyl sites for hydroxylation is 2. The Morgan fingerprint density at radius 2 is 1.71 bits per heavy atom. The number of thioether (sulfide) groups is 1. The van der Waals surface area contributed by atoms with Gasteiger partial charge in [0.1, 0.15) is 6.04 Å². The molecule has 0 saturated carbocycles. The second-order valence-corrected chi connectivity index (χ2v) is 8.14. The molecule has 1 aromatic carbocycles. The van der Waals surface area contributed by atoms with E-state index in [-0.39, 0.29) is 16.8 Å². The minimum absolute atomic E-state index is 0.0147. The number of ether oxygens (including phenoxy) is 1. The minimum atomic E-state index is -0.767. The molecule has 0 aliphatic carbocycles. The van der Waals surface area contributed by atoms with Crippen molar-refractivity contribution in [3.05, 3.63) is 28.8 Å². The molecule has 1 aromatic rings. The Hall–Kier alpha value is -1.82. The lowest BCUT2D eigenvalue weighted by Crippen LogP contribution is -2.46. The zero-order valence-electron chi connectivity index (χ0n) is 18.0. The molecule has 0 heterocycles. The van der Waals surface area contributed by atoms with E-state index in [0.717, 1.165) is 59.8 Å². The zero-order valence-corrected chi connectivity index (χ0v) is 18.8. The van der Waals surface area contributed by atoms with Crippen molar-refractivity contribution in [3.63, 3.8) is 0 Å². The van der Waals surface area contributed by atoms with Gasteiger partial charge in [-0.25, -0.2) is 4.79 Å². The first-order valence-electron chi connectivity index (χ1n) is 9.86. The summed E-state index contributed by atoms with van der Waals surface area (Å²) >= 11 is 1.04. The van der Waals surface area contributed by atoms with Gasteiger partial charge in [0, 0.05) is 6.42 Å². The van der Waals surface area contributed by atoms with Crippen molar-refractivity contribution in [2.45, 2.75) is 72.8 Å². The topological polar surface area (TPSA) is 63.7 Å². The van der Waals surface area contributed by atoms with Crippen LogP contribution in [0.3, 0.4) is 0 Å². The van der Waals surface area contributed by atoms with Crippen LogP contribution in [0.1, 0.15) is 62.6 Å². The standard InChI is InChI=1S/C22H33NO4S/c1-7-8-9-10-11-20(25)28-14-19(24)23(18(5)22(26)27-6)21-16(3)13-12-15(2)17(21)4/h12-13,18H,7-11,14H2,1-6H3. The highest BCUT2D eigenvalue weighted by atomic mass is 32.2. The summed E-state index contributed by atoms with van der Waals surface area (Å²) in [7, 11) is 1.31. The van der Waals surface area contributed by atoms with Gasteiger partial charge < -0.3 is 4.74 Å². The number of benzene rings is 1. The third kappa shape index (κ3) is 6.66. The van der Waals surface area contributed by atoms with Crippen molar-refractivity contribution >= 4 is 34.4 Å². The molecule has 0 aliphatic rings. The Labute approximate surface area is 173 Å². The molecule has 0 aliphatic heterocycles. The van der Waals surface area contributed by atoms with E-state index < -0.39 is 12.0 Å². The van der Waals surface area contributed by atoms with Crippen LogP contribution in [0.4, 0.5) is 5.69 Å². The number of unbranched alkanes of at least 4 members (excludes halogenated alkanes) is 3. The smallest absolute Gasteiger partial charge is 0.328 e. The first-order valence-corrected chi connectivity index (χ1v) is 10.8. The molecule has 1 amide bonds. The minimum Gasteiger partial charge on any atom is -0.467 e. The number of methoxy groups -OCH3 is 1. The molecule has 1 unspecified atom stereocenters. The fraction of sp³-hybridized carbons (Fsp3) is 0.591. The second-order valence-electron chi connectivity index (χ2n) is 7.11. The van der Waals surface area contributed by atoms with E-state index in [0.29, 0.717) is 6.42 Å². The van der Waals surface area contributed by atoms with E-state index in [1.165, 1.54) is 12.0 Å². The van der Waals surface area contributed by atoms with Crippen LogP contribution >= 0.6 is 11.8 Å². The molecule has 0 spiro atoms. The molecule has 28 heavy (non-hydrogen) atoms. The van der Waals surface area contributed by atoms with Gasteiger partial charge >= 0.3 is 5.97 Å². The molecule has 0 saturated heterocycles. The van der Waals surface area contributed by atoms with Crippen molar-refractivity contribution in [3.8, 4) is 0 Å². The molecule has 5 nitrogen and oxygen atoms in total. The van der Waals surface area contributed by atoms with Gasteiger partial charge in [0.2, 0.25) is 5.91 Å². The number of anilines is 1. The number of carbonyl (C=O) groups is 3. The Bertz CT molecular complexity index is 702. The van der Waals surface area contributed by atoms with Gasteiger partial charge in [0.25, 0.3) is 0 Å². The summed E-state index contributed by atoms with van der Waals surface area (Å²) in [5, 5.41) is 0.0211. The van der Waals surface area contributed by atoms with E-state index in [1.807, 2.05) is 32.9 Å². The van der Waals surface area contributed by atoms with Gasteiger partial charge in [-0.05, 0) is 50.8 Å². The quantitative estimate of drug-likeness (QED) is 0.414. The Morgan fingerprint density at radius 1 is 1.07 bits per heavy atom. The van der Waals surface area contributed by atoms with Gasteiger partial charge in [0.05, 0.1) is 18.6 Å². The highest BCUT2D eigenvalue weighted by molar-refractivity contribution is 8.14. The van der Waals surface area contributed by atoms with Crippen LogP contribution < -0.4 is 4.90 Å². The molecule has 0 radical (unpaired) electrons. The third-order valence-corrected chi connectivity index (χ3v) is 5.85. The van der Waals surface area contributed by atoms with Crippen LogP contribution in [0, 0.1) is 20.8 Å². The maximum Gasteiger partial charge on any atom is 0.328 e. The predicted molar refractivity (Wildman–Crippen MR) is 116 cm³/mol. The summed E-state index contributed by atoms with van der Waals surface area (Å²) in [6.07, 6.45) is 4.60. The molecule has 6 heteroatoms. The van der Waals surface area contributed by atoms with E-state index in [2.05, 4.69) is 6.92 Å². The fourth-order valence-electron chi connectivity index (χ4n) is 3.10. The Morgan fingerprint density at radius 3 is 2.32 bits per heavy atom. The number of nitrogens with zero attached hydrogens (tertiary/aromatic N) is 1. The molecule has 0 bridgehead atoms. The maximum atomic E-state index is 13.0. The van der Waals surface area contributed by atoms with Crippen LogP contribution in [0.25, 0.3) is 0 Å². The average Bonchev–Trinajstić information content (AvgIpc) is 2.68.